The maximum absolute atomic E-state index is 14.0. The molecule has 2 aliphatic heterocycles. The summed E-state index contributed by atoms with van der Waals surface area (Å²) in [6.07, 6.45) is 0.418. The Balaban J connectivity index is 1.83. The standard InChI is InChI=1S/C15H21FN2O4S/c16-15-4-2-1-3-14(15)12-9-13(11-19)18(10-12)23(20,21)17-5-7-22-8-6-17/h1-4,12-13,19H,5-11H2/t12-,13-/m1/s1. The van der Waals surface area contributed by atoms with Gasteiger partial charge in [-0.2, -0.15) is 17.0 Å². The van der Waals surface area contributed by atoms with Crippen LogP contribution >= 0.6 is 0 Å². The maximum Gasteiger partial charge on any atom is 0.282 e. The zero-order valence-electron chi connectivity index (χ0n) is 12.8. The van der Waals surface area contributed by atoms with Gasteiger partial charge in [-0.25, -0.2) is 4.39 Å². The first kappa shape index (κ1) is 16.8. The van der Waals surface area contributed by atoms with Gasteiger partial charge in [0.1, 0.15) is 5.82 Å². The highest BCUT2D eigenvalue weighted by molar-refractivity contribution is 7.86. The van der Waals surface area contributed by atoms with Gasteiger partial charge in [0.2, 0.25) is 0 Å². The molecule has 0 radical (unpaired) electrons. The molecule has 2 saturated heterocycles. The molecule has 0 amide bonds. The van der Waals surface area contributed by atoms with E-state index < -0.39 is 16.3 Å². The van der Waals surface area contributed by atoms with Gasteiger partial charge in [0.15, 0.2) is 0 Å². The average molecular weight is 344 g/mol. The van der Waals surface area contributed by atoms with Crippen LogP contribution in [0, 0.1) is 5.82 Å². The normalized spacial score (nSPS) is 27.4. The Hall–Kier alpha value is -1.06. The van der Waals surface area contributed by atoms with Gasteiger partial charge >= 0.3 is 0 Å². The van der Waals surface area contributed by atoms with E-state index in [4.69, 9.17) is 4.74 Å². The number of aliphatic hydroxyl groups is 1. The van der Waals surface area contributed by atoms with Crippen LogP contribution in [0.15, 0.2) is 24.3 Å². The van der Waals surface area contributed by atoms with Crippen LogP contribution < -0.4 is 0 Å². The van der Waals surface area contributed by atoms with Crippen LogP contribution in [0.2, 0.25) is 0 Å². The molecule has 2 atom stereocenters. The minimum atomic E-state index is -3.67. The van der Waals surface area contributed by atoms with Crippen LogP contribution in [0.25, 0.3) is 0 Å². The summed E-state index contributed by atoms with van der Waals surface area (Å²) < 4.78 is 47.5. The molecule has 2 aliphatic rings. The lowest BCUT2D eigenvalue weighted by molar-refractivity contribution is 0.0691. The third-order valence-corrected chi connectivity index (χ3v) is 6.57. The molecule has 0 unspecified atom stereocenters. The molecule has 0 aliphatic carbocycles. The molecule has 6 nitrogen and oxygen atoms in total. The van der Waals surface area contributed by atoms with Gasteiger partial charge in [-0.3, -0.25) is 0 Å². The fraction of sp³-hybridized carbons (Fsp3) is 0.600. The van der Waals surface area contributed by atoms with Crippen LogP contribution in [0.3, 0.4) is 0 Å². The molecule has 3 rings (SSSR count). The SMILES string of the molecule is O=S(=O)(N1CCOCC1)N1C[C@H](c2ccccc2F)C[C@@H]1CO. The Labute approximate surface area is 135 Å². The van der Waals surface area contributed by atoms with E-state index in [0.717, 1.165) is 0 Å². The smallest absolute Gasteiger partial charge is 0.282 e. The number of nitrogens with zero attached hydrogens (tertiary/aromatic N) is 2. The maximum atomic E-state index is 14.0. The summed E-state index contributed by atoms with van der Waals surface area (Å²) in [4.78, 5) is 0. The zero-order chi connectivity index (χ0) is 16.4. The van der Waals surface area contributed by atoms with Gasteiger partial charge in [-0.15, -0.1) is 0 Å². The second-order valence-electron chi connectivity index (χ2n) is 5.88. The van der Waals surface area contributed by atoms with E-state index in [1.54, 1.807) is 18.2 Å². The number of benzene rings is 1. The fourth-order valence-electron chi connectivity index (χ4n) is 3.29. The number of halogens is 1. The molecule has 1 aromatic carbocycles. The van der Waals surface area contributed by atoms with E-state index in [9.17, 15) is 17.9 Å². The first-order valence-electron chi connectivity index (χ1n) is 7.74. The fourth-order valence-corrected chi connectivity index (χ4v) is 5.10. The van der Waals surface area contributed by atoms with Gasteiger partial charge in [-0.1, -0.05) is 18.2 Å². The van der Waals surface area contributed by atoms with Gasteiger partial charge in [0.25, 0.3) is 10.2 Å². The molecule has 1 aromatic rings. The molecule has 23 heavy (non-hydrogen) atoms. The van der Waals surface area contributed by atoms with Crippen molar-refractivity contribution < 1.29 is 22.7 Å². The molecule has 0 aromatic heterocycles. The second-order valence-corrected chi connectivity index (χ2v) is 7.76. The predicted molar refractivity (Wildman–Crippen MR) is 82.6 cm³/mol. The zero-order valence-corrected chi connectivity index (χ0v) is 13.6. The first-order chi connectivity index (χ1) is 11.0. The van der Waals surface area contributed by atoms with Gasteiger partial charge < -0.3 is 9.84 Å². The van der Waals surface area contributed by atoms with E-state index in [0.29, 0.717) is 38.3 Å². The monoisotopic (exact) mass is 344 g/mol. The van der Waals surface area contributed by atoms with Crippen molar-refractivity contribution in [1.82, 2.24) is 8.61 Å². The number of aliphatic hydroxyl groups excluding tert-OH is 1. The van der Waals surface area contributed by atoms with E-state index in [2.05, 4.69) is 0 Å². The third kappa shape index (κ3) is 3.27. The molecular weight excluding hydrogens is 323 g/mol. The highest BCUT2D eigenvalue weighted by Gasteiger charge is 2.43. The summed E-state index contributed by atoms with van der Waals surface area (Å²) in [5.74, 6) is -0.580. The Morgan fingerprint density at radius 1 is 1.26 bits per heavy atom. The number of morpholine rings is 1. The molecule has 0 saturated carbocycles. The van der Waals surface area contributed by atoms with E-state index in [1.165, 1.54) is 14.7 Å². The lowest BCUT2D eigenvalue weighted by Crippen LogP contribution is -2.50. The first-order valence-corrected chi connectivity index (χ1v) is 9.13. The van der Waals surface area contributed by atoms with Gasteiger partial charge in [-0.05, 0) is 18.1 Å². The van der Waals surface area contributed by atoms with Crippen LogP contribution in [-0.2, 0) is 14.9 Å². The predicted octanol–water partition coefficient (Wildman–Crippen LogP) is 0.553. The number of ether oxygens (including phenoxy) is 1. The average Bonchev–Trinajstić information content (AvgIpc) is 3.01. The van der Waals surface area contributed by atoms with Crippen molar-refractivity contribution >= 4 is 10.2 Å². The number of rotatable bonds is 4. The third-order valence-electron chi connectivity index (χ3n) is 4.51. The second kappa shape index (κ2) is 6.82. The molecule has 0 bridgehead atoms. The highest BCUT2D eigenvalue weighted by Crippen LogP contribution is 2.35. The highest BCUT2D eigenvalue weighted by atomic mass is 32.2. The van der Waals surface area contributed by atoms with E-state index >= 15 is 0 Å². The van der Waals surface area contributed by atoms with Crippen molar-refractivity contribution in [2.75, 3.05) is 39.5 Å². The minimum Gasteiger partial charge on any atom is -0.395 e. The topological polar surface area (TPSA) is 70.1 Å². The van der Waals surface area contributed by atoms with Crippen LogP contribution in [-0.4, -0.2) is 67.6 Å². The largest absolute Gasteiger partial charge is 0.395 e. The quantitative estimate of drug-likeness (QED) is 0.866. The van der Waals surface area contributed by atoms with Crippen LogP contribution in [0.5, 0.6) is 0 Å². The van der Waals surface area contributed by atoms with Gasteiger partial charge in [0.05, 0.1) is 19.8 Å². The number of hydrogen-bond acceptors (Lipinski definition) is 4. The summed E-state index contributed by atoms with van der Waals surface area (Å²) in [7, 11) is -3.67. The van der Waals surface area contributed by atoms with Crippen LogP contribution in [0.4, 0.5) is 4.39 Å². The minimum absolute atomic E-state index is 0.186. The van der Waals surface area contributed by atoms with Crippen molar-refractivity contribution in [1.29, 1.82) is 0 Å². The Bertz CT molecular complexity index is 649. The molecule has 2 heterocycles. The molecule has 8 heteroatoms. The van der Waals surface area contributed by atoms with Crippen molar-refractivity contribution in [2.24, 2.45) is 0 Å². The summed E-state index contributed by atoms with van der Waals surface area (Å²) in [5, 5.41) is 9.59. The number of hydrogen-bond donors (Lipinski definition) is 1. The Morgan fingerprint density at radius 2 is 1.96 bits per heavy atom. The summed E-state index contributed by atoms with van der Waals surface area (Å²) >= 11 is 0. The van der Waals surface area contributed by atoms with Crippen molar-refractivity contribution in [3.63, 3.8) is 0 Å². The molecule has 1 N–H and O–H groups in total. The van der Waals surface area contributed by atoms with Gasteiger partial charge in [0, 0.05) is 31.6 Å². The Morgan fingerprint density at radius 3 is 2.61 bits per heavy atom. The van der Waals surface area contributed by atoms with E-state index in [-0.39, 0.29) is 24.9 Å². The molecule has 0 spiro atoms. The van der Waals surface area contributed by atoms with Crippen molar-refractivity contribution in [3.05, 3.63) is 35.6 Å². The summed E-state index contributed by atoms with van der Waals surface area (Å²) in [5.41, 5.74) is 0.505. The lowest BCUT2D eigenvalue weighted by atomic mass is 9.96. The van der Waals surface area contributed by atoms with Crippen molar-refractivity contribution in [3.8, 4) is 0 Å². The van der Waals surface area contributed by atoms with Crippen molar-refractivity contribution in [2.45, 2.75) is 18.4 Å². The van der Waals surface area contributed by atoms with Crippen LogP contribution in [0.1, 0.15) is 17.9 Å². The van der Waals surface area contributed by atoms with E-state index in [1.807, 2.05) is 0 Å². The Kier molecular flexibility index (Phi) is 4.98. The molecule has 2 fully saturated rings. The summed E-state index contributed by atoms with van der Waals surface area (Å²) in [6.45, 7) is 1.27. The lowest BCUT2D eigenvalue weighted by Gasteiger charge is -2.32. The summed E-state index contributed by atoms with van der Waals surface area (Å²) in [6, 6.07) is 5.89. The molecule has 128 valence electrons. The molecular formula is C15H21FN2O4S.